The van der Waals surface area contributed by atoms with Gasteiger partial charge in [0.1, 0.15) is 0 Å². The lowest BCUT2D eigenvalue weighted by atomic mass is 10.3. The molecular formula is C12H27N3S. The van der Waals surface area contributed by atoms with E-state index in [-0.39, 0.29) is 10.0 Å². The molecule has 0 heterocycles. The molecule has 16 heavy (non-hydrogen) atoms. The zero-order valence-electron chi connectivity index (χ0n) is 11.3. The maximum Gasteiger partial charge on any atom is 0.0706 e. The Morgan fingerprint density at radius 3 is 2.31 bits per heavy atom. The highest BCUT2D eigenvalue weighted by Crippen LogP contribution is 2.35. The van der Waals surface area contributed by atoms with Gasteiger partial charge in [-0.2, -0.15) is 0 Å². The van der Waals surface area contributed by atoms with E-state index >= 15 is 0 Å². The van der Waals surface area contributed by atoms with Crippen LogP contribution in [-0.4, -0.2) is 44.3 Å². The highest BCUT2D eigenvalue weighted by atomic mass is 32.3. The maximum atomic E-state index is 7.21. The Morgan fingerprint density at radius 1 is 1.25 bits per heavy atom. The predicted octanol–water partition coefficient (Wildman–Crippen LogP) is 2.15. The Labute approximate surface area is 102 Å². The van der Waals surface area contributed by atoms with Crippen LogP contribution in [0, 0.1) is 5.41 Å². The van der Waals surface area contributed by atoms with Gasteiger partial charge in [0.05, 0.1) is 5.70 Å². The van der Waals surface area contributed by atoms with Crippen LogP contribution in [0.2, 0.25) is 0 Å². The van der Waals surface area contributed by atoms with Crippen LogP contribution in [-0.2, 0) is 0 Å². The van der Waals surface area contributed by atoms with Gasteiger partial charge < -0.3 is 16.0 Å². The van der Waals surface area contributed by atoms with Gasteiger partial charge in [-0.1, -0.05) is 0 Å². The smallest absolute Gasteiger partial charge is 0.0706 e. The molecule has 0 saturated carbocycles. The minimum absolute atomic E-state index is 0.339. The molecule has 3 N–H and O–H groups in total. The quantitative estimate of drug-likeness (QED) is 0.453. The summed E-state index contributed by atoms with van der Waals surface area (Å²) in [5.41, 5.74) is 1.92. The number of hydrogen-bond acceptors (Lipinski definition) is 3. The minimum atomic E-state index is -0.339. The fourth-order valence-corrected chi connectivity index (χ4v) is 2.47. The first-order valence-electron chi connectivity index (χ1n) is 5.69. The van der Waals surface area contributed by atoms with E-state index in [1.807, 2.05) is 14.0 Å². The van der Waals surface area contributed by atoms with E-state index in [2.05, 4.69) is 29.4 Å². The molecule has 0 aliphatic heterocycles. The Morgan fingerprint density at radius 2 is 1.88 bits per heavy atom. The molecular weight excluding hydrogens is 218 g/mol. The summed E-state index contributed by atoms with van der Waals surface area (Å²) in [6, 6.07) is 0. The minimum Gasteiger partial charge on any atom is -0.387 e. The monoisotopic (exact) mass is 245 g/mol. The lowest BCUT2D eigenvalue weighted by Crippen LogP contribution is -2.20. The molecule has 0 atom stereocenters. The van der Waals surface area contributed by atoms with Crippen molar-refractivity contribution in [1.29, 1.82) is 5.41 Å². The first kappa shape index (κ1) is 15.4. The third-order valence-electron chi connectivity index (χ3n) is 2.39. The fourth-order valence-electron chi connectivity index (χ4n) is 1.40. The summed E-state index contributed by atoms with van der Waals surface area (Å²) in [6.45, 7) is 3.01. The number of nitrogens with one attached hydrogen (secondary N) is 3. The molecule has 0 spiro atoms. The molecule has 0 aliphatic rings. The van der Waals surface area contributed by atoms with E-state index in [0.29, 0.717) is 0 Å². The molecule has 4 heteroatoms. The number of rotatable bonds is 8. The van der Waals surface area contributed by atoms with E-state index in [1.165, 1.54) is 24.8 Å². The van der Waals surface area contributed by atoms with Crippen molar-refractivity contribution in [2.45, 2.75) is 19.8 Å². The molecule has 0 aromatic rings. The molecule has 0 aromatic heterocycles. The maximum absolute atomic E-state index is 7.21. The van der Waals surface area contributed by atoms with Crippen LogP contribution in [0.15, 0.2) is 11.4 Å². The molecule has 0 fully saturated rings. The van der Waals surface area contributed by atoms with Gasteiger partial charge in [0.2, 0.25) is 0 Å². The van der Waals surface area contributed by atoms with Gasteiger partial charge in [-0.15, -0.1) is 0 Å². The third kappa shape index (κ3) is 7.63. The molecule has 0 aliphatic carbocycles. The largest absolute Gasteiger partial charge is 0.387 e. The van der Waals surface area contributed by atoms with Crippen LogP contribution in [0.3, 0.4) is 0 Å². The van der Waals surface area contributed by atoms with Crippen molar-refractivity contribution in [3.05, 3.63) is 11.4 Å². The van der Waals surface area contributed by atoms with E-state index < -0.39 is 0 Å². The van der Waals surface area contributed by atoms with E-state index in [1.54, 1.807) is 0 Å². The van der Waals surface area contributed by atoms with Crippen molar-refractivity contribution in [2.75, 3.05) is 38.1 Å². The molecule has 0 bridgehead atoms. The Bertz CT molecular complexity index is 241. The third-order valence-corrected chi connectivity index (χ3v) is 3.90. The van der Waals surface area contributed by atoms with Gasteiger partial charge in [-0.25, -0.2) is 10.0 Å². The van der Waals surface area contributed by atoms with Crippen LogP contribution in [0.1, 0.15) is 19.8 Å². The zero-order valence-corrected chi connectivity index (χ0v) is 12.1. The summed E-state index contributed by atoms with van der Waals surface area (Å²) in [7, 11) is 1.50. The first-order chi connectivity index (χ1) is 7.40. The summed E-state index contributed by atoms with van der Waals surface area (Å²) in [5.74, 6) is 1.35. The van der Waals surface area contributed by atoms with Gasteiger partial charge in [0.15, 0.2) is 0 Å². The molecule has 96 valence electrons. The van der Waals surface area contributed by atoms with Crippen molar-refractivity contribution >= 4 is 16.2 Å². The Hall–Kier alpha value is -0.640. The van der Waals surface area contributed by atoms with Crippen LogP contribution >= 0.6 is 10.0 Å². The van der Waals surface area contributed by atoms with Crippen molar-refractivity contribution in [3.8, 4) is 0 Å². The average Bonchev–Trinajstić information content (AvgIpc) is 2.17. The Balaban J connectivity index is 3.75. The molecule has 0 unspecified atom stereocenters. The SMILES string of the molecule is CN/C(C=N)=C(\C)NCCCCS(C)(C)C. The second kappa shape index (κ2) is 7.60. The van der Waals surface area contributed by atoms with E-state index in [4.69, 9.17) is 5.41 Å². The summed E-state index contributed by atoms with van der Waals surface area (Å²) in [4.78, 5) is 0. The summed E-state index contributed by atoms with van der Waals surface area (Å²) in [6.07, 6.45) is 10.9. The predicted molar refractivity (Wildman–Crippen MR) is 78.0 cm³/mol. The molecule has 0 amide bonds. The highest BCUT2D eigenvalue weighted by molar-refractivity contribution is 8.32. The molecule has 0 rings (SSSR count). The topological polar surface area (TPSA) is 47.9 Å². The van der Waals surface area contributed by atoms with Gasteiger partial charge in [-0.05, 0) is 44.3 Å². The second-order valence-electron chi connectivity index (χ2n) is 4.86. The molecule has 0 radical (unpaired) electrons. The number of allylic oxidation sites excluding steroid dienone is 2. The van der Waals surface area contributed by atoms with E-state index in [0.717, 1.165) is 17.9 Å². The molecule has 3 nitrogen and oxygen atoms in total. The average molecular weight is 245 g/mol. The zero-order chi connectivity index (χ0) is 12.6. The first-order valence-corrected chi connectivity index (χ1v) is 8.72. The van der Waals surface area contributed by atoms with Crippen LogP contribution in [0.25, 0.3) is 0 Å². The normalized spacial score (nSPS) is 14.1. The molecule has 0 saturated heterocycles. The van der Waals surface area contributed by atoms with Crippen molar-refractivity contribution in [1.82, 2.24) is 10.6 Å². The van der Waals surface area contributed by atoms with Crippen molar-refractivity contribution in [2.24, 2.45) is 0 Å². The van der Waals surface area contributed by atoms with Crippen molar-refractivity contribution in [3.63, 3.8) is 0 Å². The van der Waals surface area contributed by atoms with Gasteiger partial charge >= 0.3 is 0 Å². The fraction of sp³-hybridized carbons (Fsp3) is 0.750. The summed E-state index contributed by atoms with van der Waals surface area (Å²) >= 11 is 0. The lowest BCUT2D eigenvalue weighted by molar-refractivity contribution is 0.706. The Kier molecular flexibility index (Phi) is 7.30. The van der Waals surface area contributed by atoms with Crippen LogP contribution in [0.4, 0.5) is 0 Å². The van der Waals surface area contributed by atoms with Gasteiger partial charge in [0, 0.05) is 25.5 Å². The van der Waals surface area contributed by atoms with Gasteiger partial charge in [0.25, 0.3) is 0 Å². The molecule has 0 aromatic carbocycles. The van der Waals surface area contributed by atoms with E-state index in [9.17, 15) is 0 Å². The highest BCUT2D eigenvalue weighted by Gasteiger charge is 2.03. The summed E-state index contributed by atoms with van der Waals surface area (Å²) < 4.78 is 0. The van der Waals surface area contributed by atoms with Crippen molar-refractivity contribution < 1.29 is 0 Å². The van der Waals surface area contributed by atoms with Crippen LogP contribution < -0.4 is 10.6 Å². The summed E-state index contributed by atoms with van der Waals surface area (Å²) in [5, 5.41) is 13.5. The van der Waals surface area contributed by atoms with Gasteiger partial charge in [-0.3, -0.25) is 0 Å². The lowest BCUT2D eigenvalue weighted by Gasteiger charge is -2.24. The number of hydrogen-bond donors (Lipinski definition) is 3. The second-order valence-corrected chi connectivity index (χ2v) is 9.45. The number of unbranched alkanes of at least 4 members (excludes halogenated alkanes) is 1. The van der Waals surface area contributed by atoms with Crippen LogP contribution in [0.5, 0.6) is 0 Å². The standard InChI is InChI=1S/C12H27N3S/c1-11(12(10-13)14-2)15-8-6-7-9-16(3,4)5/h10,13-15H,6-9H2,1-5H3/b12-11+,13-10?.